The maximum absolute atomic E-state index is 13.5. The number of benzene rings is 2. The Hall–Kier alpha value is -3.82. The molecule has 7 nitrogen and oxygen atoms in total. The Bertz CT molecular complexity index is 1190. The van der Waals surface area contributed by atoms with Gasteiger partial charge in [-0.25, -0.2) is 22.8 Å². The molecule has 156 valence electrons. The van der Waals surface area contributed by atoms with Gasteiger partial charge < -0.3 is 19.2 Å². The average molecular weight is 421 g/mol. The molecule has 0 saturated carbocycles. The zero-order valence-corrected chi connectivity index (χ0v) is 15.5. The van der Waals surface area contributed by atoms with E-state index < -0.39 is 53.9 Å². The number of hydrogen-bond donors (Lipinski definition) is 1. The van der Waals surface area contributed by atoms with Crippen LogP contribution in [0.2, 0.25) is 0 Å². The number of carbonyl (C=O) groups excluding carboxylic acids is 2. The Morgan fingerprint density at radius 1 is 1.03 bits per heavy atom. The quantitative estimate of drug-likeness (QED) is 0.374. The van der Waals surface area contributed by atoms with Crippen LogP contribution in [0.15, 0.2) is 45.6 Å². The molecule has 30 heavy (non-hydrogen) atoms. The summed E-state index contributed by atoms with van der Waals surface area (Å²) in [6.45, 7) is 0.384. The minimum absolute atomic E-state index is 0.224. The van der Waals surface area contributed by atoms with Crippen LogP contribution in [-0.4, -0.2) is 25.1 Å². The van der Waals surface area contributed by atoms with Crippen molar-refractivity contribution >= 4 is 28.5 Å². The average Bonchev–Trinajstić information content (AvgIpc) is 2.70. The van der Waals surface area contributed by atoms with Gasteiger partial charge in [0.25, 0.3) is 5.91 Å². The van der Waals surface area contributed by atoms with E-state index in [-0.39, 0.29) is 11.3 Å². The van der Waals surface area contributed by atoms with Crippen LogP contribution in [0.25, 0.3) is 11.0 Å². The third-order valence-corrected chi connectivity index (χ3v) is 3.95. The van der Waals surface area contributed by atoms with Crippen molar-refractivity contribution in [3.05, 3.63) is 69.8 Å². The summed E-state index contributed by atoms with van der Waals surface area (Å²) >= 11 is 0. The second-order valence-electron chi connectivity index (χ2n) is 6.13. The molecule has 10 heteroatoms. The molecule has 0 fully saturated rings. The molecule has 0 aliphatic heterocycles. The van der Waals surface area contributed by atoms with Crippen LogP contribution in [0.5, 0.6) is 5.75 Å². The molecular formula is C20H14F3NO6. The number of fused-ring (bicyclic) bond motifs is 1. The first-order valence-corrected chi connectivity index (χ1v) is 8.51. The summed E-state index contributed by atoms with van der Waals surface area (Å²) in [6.07, 6.45) is 0. The number of rotatable bonds is 6. The zero-order chi connectivity index (χ0) is 21.8. The molecule has 3 aromatic rings. The molecule has 3 rings (SSSR count). The number of carbonyl (C=O) groups is 2. The molecule has 1 heterocycles. The predicted octanol–water partition coefficient (Wildman–Crippen LogP) is 3.08. The van der Waals surface area contributed by atoms with Gasteiger partial charge in [-0.15, -0.1) is 0 Å². The van der Waals surface area contributed by atoms with Crippen LogP contribution in [0, 0.1) is 24.4 Å². The van der Waals surface area contributed by atoms with Crippen LogP contribution < -0.4 is 15.7 Å². The molecule has 0 bridgehead atoms. The van der Waals surface area contributed by atoms with Crippen LogP contribution in [0.1, 0.15) is 5.56 Å². The smallest absolute Gasteiger partial charge is 0.344 e. The highest BCUT2D eigenvalue weighted by molar-refractivity contribution is 5.93. The molecule has 0 spiro atoms. The fraction of sp³-hybridized carbons (Fsp3) is 0.150. The molecule has 1 amide bonds. The van der Waals surface area contributed by atoms with Crippen LogP contribution in [-0.2, 0) is 14.3 Å². The third-order valence-electron chi connectivity index (χ3n) is 3.95. The van der Waals surface area contributed by atoms with E-state index in [1.54, 1.807) is 19.1 Å². The normalized spacial score (nSPS) is 10.7. The topological polar surface area (TPSA) is 94.8 Å². The molecule has 1 aromatic heterocycles. The highest BCUT2D eigenvalue weighted by Crippen LogP contribution is 2.22. The fourth-order valence-corrected chi connectivity index (χ4v) is 2.53. The summed E-state index contributed by atoms with van der Waals surface area (Å²) in [7, 11) is 0. The van der Waals surface area contributed by atoms with Crippen molar-refractivity contribution in [3.63, 3.8) is 0 Å². The maximum Gasteiger partial charge on any atom is 0.344 e. The van der Waals surface area contributed by atoms with E-state index in [2.05, 4.69) is 4.74 Å². The monoisotopic (exact) mass is 421 g/mol. The SMILES string of the molecule is Cc1cc(=O)oc2cc(OCC(=O)OCC(=O)Nc3ccc(F)c(F)c3F)ccc12. The first kappa shape index (κ1) is 20.9. The molecule has 0 atom stereocenters. The molecule has 0 aliphatic rings. The number of ether oxygens (including phenoxy) is 2. The van der Waals surface area contributed by atoms with E-state index in [1.165, 1.54) is 12.1 Å². The molecule has 0 saturated heterocycles. The van der Waals surface area contributed by atoms with Gasteiger partial charge in [-0.05, 0) is 36.8 Å². The largest absolute Gasteiger partial charge is 0.482 e. The van der Waals surface area contributed by atoms with E-state index in [0.717, 1.165) is 11.6 Å². The number of nitrogens with one attached hydrogen (secondary N) is 1. The predicted molar refractivity (Wildman–Crippen MR) is 98.6 cm³/mol. The lowest BCUT2D eigenvalue weighted by molar-refractivity contribution is -0.149. The van der Waals surface area contributed by atoms with Gasteiger partial charge in [0.2, 0.25) is 0 Å². The number of anilines is 1. The van der Waals surface area contributed by atoms with Gasteiger partial charge in [0.1, 0.15) is 11.3 Å². The zero-order valence-electron chi connectivity index (χ0n) is 15.5. The van der Waals surface area contributed by atoms with Crippen LogP contribution >= 0.6 is 0 Å². The van der Waals surface area contributed by atoms with Gasteiger partial charge in [0.05, 0.1) is 5.69 Å². The molecule has 2 aromatic carbocycles. The summed E-state index contributed by atoms with van der Waals surface area (Å²) in [4.78, 5) is 34.9. The third kappa shape index (κ3) is 4.77. The molecule has 0 aliphatic carbocycles. The summed E-state index contributed by atoms with van der Waals surface area (Å²) in [5, 5.41) is 2.66. The molecule has 0 unspecified atom stereocenters. The first-order valence-electron chi connectivity index (χ1n) is 8.51. The van der Waals surface area contributed by atoms with E-state index in [4.69, 9.17) is 9.15 Å². The van der Waals surface area contributed by atoms with Crippen molar-refractivity contribution in [2.24, 2.45) is 0 Å². The standard InChI is InChI=1S/C20H14F3NO6/c1-10-6-17(26)30-15-7-11(2-3-12(10)15)28-9-18(27)29-8-16(25)24-14-5-4-13(21)19(22)20(14)23/h2-7H,8-9H2,1H3,(H,24,25). The fourth-order valence-electron chi connectivity index (χ4n) is 2.53. The number of aryl methyl sites for hydroxylation is 1. The minimum atomic E-state index is -1.74. The minimum Gasteiger partial charge on any atom is -0.482 e. The number of hydrogen-bond acceptors (Lipinski definition) is 6. The van der Waals surface area contributed by atoms with Crippen molar-refractivity contribution in [1.82, 2.24) is 0 Å². The van der Waals surface area contributed by atoms with Gasteiger partial charge in [0.15, 0.2) is 30.7 Å². The number of esters is 1. The highest BCUT2D eigenvalue weighted by Gasteiger charge is 2.16. The highest BCUT2D eigenvalue weighted by atomic mass is 19.2. The second kappa shape index (κ2) is 8.68. The summed E-state index contributed by atoms with van der Waals surface area (Å²) in [5.74, 6) is -6.37. The lowest BCUT2D eigenvalue weighted by atomic mass is 10.1. The van der Waals surface area contributed by atoms with Crippen molar-refractivity contribution in [1.29, 1.82) is 0 Å². The first-order chi connectivity index (χ1) is 14.2. The second-order valence-corrected chi connectivity index (χ2v) is 6.13. The lowest BCUT2D eigenvalue weighted by Crippen LogP contribution is -2.24. The van der Waals surface area contributed by atoms with Gasteiger partial charge in [-0.3, -0.25) is 4.79 Å². The molecular weight excluding hydrogens is 407 g/mol. The van der Waals surface area contributed by atoms with Crippen molar-refractivity contribution in [2.45, 2.75) is 6.92 Å². The summed E-state index contributed by atoms with van der Waals surface area (Å²) in [6, 6.07) is 7.45. The Morgan fingerprint density at radius 2 is 1.80 bits per heavy atom. The summed E-state index contributed by atoms with van der Waals surface area (Å²) < 4.78 is 54.5. The van der Waals surface area contributed by atoms with Crippen LogP contribution in [0.3, 0.4) is 0 Å². The molecule has 1 N–H and O–H groups in total. The van der Waals surface area contributed by atoms with E-state index in [0.29, 0.717) is 11.5 Å². The number of halogens is 3. The Labute approximate surface area is 167 Å². The van der Waals surface area contributed by atoms with Crippen LogP contribution in [0.4, 0.5) is 18.9 Å². The Morgan fingerprint density at radius 3 is 2.57 bits per heavy atom. The van der Waals surface area contributed by atoms with Gasteiger partial charge in [-0.2, -0.15) is 0 Å². The lowest BCUT2D eigenvalue weighted by Gasteiger charge is -2.09. The molecule has 0 radical (unpaired) electrons. The van der Waals surface area contributed by atoms with E-state index in [9.17, 15) is 27.6 Å². The van der Waals surface area contributed by atoms with Crippen molar-refractivity contribution in [3.8, 4) is 5.75 Å². The van der Waals surface area contributed by atoms with Gasteiger partial charge in [-0.1, -0.05) is 0 Å². The van der Waals surface area contributed by atoms with Crippen molar-refractivity contribution < 1.29 is 36.7 Å². The Balaban J connectivity index is 1.52. The summed E-state index contributed by atoms with van der Waals surface area (Å²) in [5.41, 5.74) is -0.131. The van der Waals surface area contributed by atoms with E-state index in [1.807, 2.05) is 5.32 Å². The van der Waals surface area contributed by atoms with Gasteiger partial charge >= 0.3 is 11.6 Å². The van der Waals surface area contributed by atoms with E-state index >= 15 is 0 Å². The maximum atomic E-state index is 13.5. The van der Waals surface area contributed by atoms with Crippen molar-refractivity contribution in [2.75, 3.05) is 18.5 Å². The van der Waals surface area contributed by atoms with Gasteiger partial charge in [0, 0.05) is 17.5 Å². The Kier molecular flexibility index (Phi) is 6.05. The number of amides is 1.